The molecule has 2 fully saturated rings. The molecule has 1 N–H and O–H groups in total. The third-order valence-electron chi connectivity index (χ3n) is 4.59. The fourth-order valence-electron chi connectivity index (χ4n) is 3.30. The Morgan fingerprint density at radius 2 is 1.63 bits per heavy atom. The molecule has 2 aliphatic rings. The maximum absolute atomic E-state index is 5.37. The summed E-state index contributed by atoms with van der Waals surface area (Å²) in [5.74, 6) is 0.948. The Labute approximate surface area is 119 Å². The van der Waals surface area contributed by atoms with Crippen molar-refractivity contribution < 1.29 is 4.74 Å². The summed E-state index contributed by atoms with van der Waals surface area (Å²) in [4.78, 5) is 2.53. The van der Waals surface area contributed by atoms with E-state index >= 15 is 0 Å². The Morgan fingerprint density at radius 3 is 2.37 bits per heavy atom. The fraction of sp³-hybridized carbons (Fsp3) is 1.00. The molecule has 0 amide bonds. The van der Waals surface area contributed by atoms with Crippen molar-refractivity contribution in [1.29, 1.82) is 0 Å². The van der Waals surface area contributed by atoms with Gasteiger partial charge in [-0.15, -0.1) is 0 Å². The summed E-state index contributed by atoms with van der Waals surface area (Å²) in [6.07, 6.45) is 11.5. The van der Waals surface area contributed by atoms with Gasteiger partial charge < -0.3 is 10.1 Å². The number of rotatable bonds is 6. The van der Waals surface area contributed by atoms with Gasteiger partial charge in [0.25, 0.3) is 0 Å². The Hall–Kier alpha value is -0.120. The molecule has 0 aromatic carbocycles. The number of morpholine rings is 1. The summed E-state index contributed by atoms with van der Waals surface area (Å²) in [5.41, 5.74) is 0. The summed E-state index contributed by atoms with van der Waals surface area (Å²) >= 11 is 0. The minimum absolute atomic E-state index is 0.926. The smallest absolute Gasteiger partial charge is 0.0594 e. The van der Waals surface area contributed by atoms with Crippen LogP contribution in [0.25, 0.3) is 0 Å². The van der Waals surface area contributed by atoms with Crippen LogP contribution in [0.5, 0.6) is 0 Å². The molecule has 0 atom stereocenters. The minimum Gasteiger partial charge on any atom is -0.379 e. The van der Waals surface area contributed by atoms with Gasteiger partial charge in [-0.3, -0.25) is 4.90 Å². The molecule has 2 rings (SSSR count). The summed E-state index contributed by atoms with van der Waals surface area (Å²) in [6, 6.07) is 0. The summed E-state index contributed by atoms with van der Waals surface area (Å²) in [5, 5.41) is 3.68. The van der Waals surface area contributed by atoms with Gasteiger partial charge in [0.15, 0.2) is 0 Å². The highest BCUT2D eigenvalue weighted by Crippen LogP contribution is 2.21. The lowest BCUT2D eigenvalue weighted by molar-refractivity contribution is 0.0374. The fourth-order valence-corrected chi connectivity index (χ4v) is 3.30. The lowest BCUT2D eigenvalue weighted by atomic mass is 9.91. The molecule has 0 aromatic heterocycles. The molecule has 0 bridgehead atoms. The van der Waals surface area contributed by atoms with Crippen molar-refractivity contribution in [1.82, 2.24) is 10.2 Å². The first-order valence-corrected chi connectivity index (χ1v) is 8.46. The number of hydrogen-bond acceptors (Lipinski definition) is 3. The molecule has 112 valence electrons. The van der Waals surface area contributed by atoms with Crippen molar-refractivity contribution in [3.8, 4) is 0 Å². The standard InChI is InChI=1S/C16H32N2O/c1-2-4-7-16(8-5-3-1)15-17-9-6-10-18-11-13-19-14-12-18/h16-17H,1-15H2. The van der Waals surface area contributed by atoms with Gasteiger partial charge in [0.05, 0.1) is 13.2 Å². The Kier molecular flexibility index (Phi) is 7.82. The van der Waals surface area contributed by atoms with E-state index in [-0.39, 0.29) is 0 Å². The summed E-state index contributed by atoms with van der Waals surface area (Å²) in [7, 11) is 0. The van der Waals surface area contributed by atoms with Crippen LogP contribution in [0.3, 0.4) is 0 Å². The van der Waals surface area contributed by atoms with Gasteiger partial charge in [0.2, 0.25) is 0 Å². The zero-order chi connectivity index (χ0) is 13.2. The Bertz CT molecular complexity index is 209. The van der Waals surface area contributed by atoms with Crippen molar-refractivity contribution in [2.24, 2.45) is 5.92 Å². The highest BCUT2D eigenvalue weighted by molar-refractivity contribution is 4.67. The molecular formula is C16H32N2O. The van der Waals surface area contributed by atoms with E-state index in [0.29, 0.717) is 0 Å². The van der Waals surface area contributed by atoms with Gasteiger partial charge in [0.1, 0.15) is 0 Å². The average molecular weight is 268 g/mol. The average Bonchev–Trinajstić information content (AvgIpc) is 2.41. The first-order valence-electron chi connectivity index (χ1n) is 8.46. The van der Waals surface area contributed by atoms with Crippen LogP contribution in [0.4, 0.5) is 0 Å². The summed E-state index contributed by atoms with van der Waals surface area (Å²) in [6.45, 7) is 7.79. The molecule has 1 aliphatic carbocycles. The van der Waals surface area contributed by atoms with Crippen LogP contribution in [-0.4, -0.2) is 50.8 Å². The van der Waals surface area contributed by atoms with Gasteiger partial charge in [-0.2, -0.15) is 0 Å². The first-order chi connectivity index (χ1) is 9.45. The predicted molar refractivity (Wildman–Crippen MR) is 80.6 cm³/mol. The molecule has 0 spiro atoms. The van der Waals surface area contributed by atoms with Crippen LogP contribution in [-0.2, 0) is 4.74 Å². The van der Waals surface area contributed by atoms with E-state index in [2.05, 4.69) is 10.2 Å². The topological polar surface area (TPSA) is 24.5 Å². The molecular weight excluding hydrogens is 236 g/mol. The normalized spacial score (nSPS) is 24.0. The lowest BCUT2D eigenvalue weighted by Crippen LogP contribution is -2.38. The van der Waals surface area contributed by atoms with Crippen LogP contribution in [0, 0.1) is 5.92 Å². The quantitative estimate of drug-likeness (QED) is 0.750. The van der Waals surface area contributed by atoms with Gasteiger partial charge in [-0.1, -0.05) is 32.1 Å². The zero-order valence-electron chi connectivity index (χ0n) is 12.5. The lowest BCUT2D eigenvalue weighted by Gasteiger charge is -2.26. The number of hydrogen-bond donors (Lipinski definition) is 1. The molecule has 0 radical (unpaired) electrons. The first kappa shape index (κ1) is 15.3. The van der Waals surface area contributed by atoms with E-state index in [9.17, 15) is 0 Å². The third kappa shape index (κ3) is 6.73. The zero-order valence-corrected chi connectivity index (χ0v) is 12.5. The van der Waals surface area contributed by atoms with E-state index in [1.54, 1.807) is 0 Å². The Balaban J connectivity index is 1.46. The molecule has 1 saturated carbocycles. The third-order valence-corrected chi connectivity index (χ3v) is 4.59. The monoisotopic (exact) mass is 268 g/mol. The molecule has 19 heavy (non-hydrogen) atoms. The second-order valence-corrected chi connectivity index (χ2v) is 6.22. The van der Waals surface area contributed by atoms with Crippen LogP contribution in [0.1, 0.15) is 51.4 Å². The maximum atomic E-state index is 5.37. The van der Waals surface area contributed by atoms with Gasteiger partial charge in [0, 0.05) is 13.1 Å². The second kappa shape index (κ2) is 9.73. The summed E-state index contributed by atoms with van der Waals surface area (Å²) < 4.78 is 5.37. The van der Waals surface area contributed by atoms with E-state index < -0.39 is 0 Å². The highest BCUT2D eigenvalue weighted by Gasteiger charge is 2.11. The van der Waals surface area contributed by atoms with Crippen molar-refractivity contribution >= 4 is 0 Å². The molecule has 1 heterocycles. The Morgan fingerprint density at radius 1 is 0.947 bits per heavy atom. The highest BCUT2D eigenvalue weighted by atomic mass is 16.5. The maximum Gasteiger partial charge on any atom is 0.0594 e. The largest absolute Gasteiger partial charge is 0.379 e. The van der Waals surface area contributed by atoms with Crippen molar-refractivity contribution in [2.75, 3.05) is 45.9 Å². The second-order valence-electron chi connectivity index (χ2n) is 6.22. The van der Waals surface area contributed by atoms with Gasteiger partial charge in [-0.05, 0) is 44.8 Å². The minimum atomic E-state index is 0.926. The van der Waals surface area contributed by atoms with Gasteiger partial charge >= 0.3 is 0 Å². The molecule has 1 saturated heterocycles. The number of nitrogens with zero attached hydrogens (tertiary/aromatic N) is 1. The predicted octanol–water partition coefficient (Wildman–Crippen LogP) is 2.66. The van der Waals surface area contributed by atoms with Crippen molar-refractivity contribution in [2.45, 2.75) is 51.4 Å². The van der Waals surface area contributed by atoms with E-state index in [0.717, 1.165) is 32.2 Å². The molecule has 3 nitrogen and oxygen atoms in total. The number of ether oxygens (including phenoxy) is 1. The van der Waals surface area contributed by atoms with Crippen LogP contribution in [0.2, 0.25) is 0 Å². The molecule has 0 unspecified atom stereocenters. The van der Waals surface area contributed by atoms with Crippen LogP contribution >= 0.6 is 0 Å². The van der Waals surface area contributed by atoms with E-state index in [4.69, 9.17) is 4.74 Å². The van der Waals surface area contributed by atoms with Crippen LogP contribution < -0.4 is 5.32 Å². The van der Waals surface area contributed by atoms with Crippen molar-refractivity contribution in [3.63, 3.8) is 0 Å². The van der Waals surface area contributed by atoms with Crippen molar-refractivity contribution in [3.05, 3.63) is 0 Å². The molecule has 0 aromatic rings. The van der Waals surface area contributed by atoms with Gasteiger partial charge in [-0.25, -0.2) is 0 Å². The van der Waals surface area contributed by atoms with E-state index in [1.165, 1.54) is 71.0 Å². The molecule has 3 heteroatoms. The van der Waals surface area contributed by atoms with E-state index in [1.807, 2.05) is 0 Å². The SMILES string of the molecule is C1CCCC(CNCCCN2CCOCC2)CCC1. The van der Waals surface area contributed by atoms with Crippen LogP contribution in [0.15, 0.2) is 0 Å². The molecule has 1 aliphatic heterocycles. The number of nitrogens with one attached hydrogen (secondary N) is 1.